The molecule has 4 rings (SSSR count). The monoisotopic (exact) mass is 411 g/mol. The van der Waals surface area contributed by atoms with E-state index in [1.807, 2.05) is 0 Å². The molecule has 2 heterocycles. The van der Waals surface area contributed by atoms with Gasteiger partial charge in [-0.2, -0.15) is 0 Å². The average Bonchev–Trinajstić information content (AvgIpc) is 2.93. The van der Waals surface area contributed by atoms with Crippen LogP contribution in [0.5, 0.6) is 5.75 Å². The number of nitro groups is 1. The van der Waals surface area contributed by atoms with E-state index in [9.17, 15) is 24.5 Å². The molecule has 11 heteroatoms. The number of fused-ring (bicyclic) bond motifs is 2. The highest BCUT2D eigenvalue weighted by Gasteiger charge is 2.29. The summed E-state index contributed by atoms with van der Waals surface area (Å²) in [6.45, 7) is -0.613. The van der Waals surface area contributed by atoms with Gasteiger partial charge >= 0.3 is 5.69 Å². The quantitative estimate of drug-likeness (QED) is 0.507. The van der Waals surface area contributed by atoms with Gasteiger partial charge in [0.2, 0.25) is 5.91 Å². The Kier molecular flexibility index (Phi) is 4.49. The molecule has 0 saturated carbocycles. The van der Waals surface area contributed by atoms with Gasteiger partial charge in [-0.15, -0.1) is 0 Å². The fourth-order valence-corrected chi connectivity index (χ4v) is 3.41. The summed E-state index contributed by atoms with van der Waals surface area (Å²) in [7, 11) is 3.29. The fourth-order valence-electron chi connectivity index (χ4n) is 3.41. The standard InChI is InChI=1S/C19H17N5O6/c1-21-13-5-3-11(7-14(13)22(2)19(21)27)20-17(25)9-23-15-8-12(24(28)29)4-6-16(15)30-10-18(23)26/h3-8H,9-10H2,1-2H3,(H,20,25). The first-order valence-corrected chi connectivity index (χ1v) is 8.93. The van der Waals surface area contributed by atoms with Gasteiger partial charge in [0.1, 0.15) is 12.3 Å². The lowest BCUT2D eigenvalue weighted by Crippen LogP contribution is -2.43. The largest absolute Gasteiger partial charge is 0.482 e. The first kappa shape index (κ1) is 19.2. The number of amides is 2. The van der Waals surface area contributed by atoms with Gasteiger partial charge in [-0.25, -0.2) is 4.79 Å². The topological polar surface area (TPSA) is 129 Å². The first-order chi connectivity index (χ1) is 14.3. The van der Waals surface area contributed by atoms with Crippen LogP contribution in [0, 0.1) is 10.1 Å². The lowest BCUT2D eigenvalue weighted by Gasteiger charge is -2.28. The number of nitro benzene ring substituents is 1. The summed E-state index contributed by atoms with van der Waals surface area (Å²) in [5.74, 6) is -0.698. The van der Waals surface area contributed by atoms with Crippen LogP contribution in [0.2, 0.25) is 0 Å². The number of aryl methyl sites for hydroxylation is 2. The zero-order valence-electron chi connectivity index (χ0n) is 16.1. The number of imidazole rings is 1. The van der Waals surface area contributed by atoms with Crippen molar-refractivity contribution in [1.82, 2.24) is 9.13 Å². The van der Waals surface area contributed by atoms with Gasteiger partial charge in [-0.3, -0.25) is 33.7 Å². The van der Waals surface area contributed by atoms with Crippen molar-refractivity contribution in [2.24, 2.45) is 14.1 Å². The second kappa shape index (κ2) is 7.03. The number of benzene rings is 2. The molecule has 1 aromatic heterocycles. The molecule has 0 fully saturated rings. The van der Waals surface area contributed by atoms with Crippen LogP contribution in [-0.4, -0.2) is 39.0 Å². The van der Waals surface area contributed by atoms with Gasteiger partial charge in [0.05, 0.1) is 21.6 Å². The molecule has 0 saturated heterocycles. The smallest absolute Gasteiger partial charge is 0.328 e. The molecule has 0 bridgehead atoms. The summed E-state index contributed by atoms with van der Waals surface area (Å²) in [4.78, 5) is 48.6. The Morgan fingerprint density at radius 3 is 2.60 bits per heavy atom. The normalized spacial score (nSPS) is 13.1. The van der Waals surface area contributed by atoms with E-state index < -0.39 is 16.7 Å². The summed E-state index contributed by atoms with van der Waals surface area (Å²) in [5.41, 5.74) is 1.57. The first-order valence-electron chi connectivity index (χ1n) is 8.93. The molecule has 0 radical (unpaired) electrons. The molecule has 2 aromatic carbocycles. The van der Waals surface area contributed by atoms with E-state index in [1.165, 1.54) is 27.3 Å². The van der Waals surface area contributed by atoms with Crippen LogP contribution < -0.4 is 20.6 Å². The zero-order valence-corrected chi connectivity index (χ0v) is 16.1. The average molecular weight is 411 g/mol. The number of nitrogens with zero attached hydrogens (tertiary/aromatic N) is 4. The van der Waals surface area contributed by atoms with Crippen molar-refractivity contribution in [3.63, 3.8) is 0 Å². The van der Waals surface area contributed by atoms with E-state index in [2.05, 4.69) is 5.32 Å². The van der Waals surface area contributed by atoms with E-state index in [1.54, 1.807) is 32.3 Å². The fraction of sp³-hybridized carbons (Fsp3) is 0.211. The summed E-state index contributed by atoms with van der Waals surface area (Å²) >= 11 is 0. The summed E-state index contributed by atoms with van der Waals surface area (Å²) in [6, 6.07) is 8.89. The van der Waals surface area contributed by atoms with E-state index in [-0.39, 0.29) is 36.0 Å². The minimum Gasteiger partial charge on any atom is -0.482 e. The molecule has 1 N–H and O–H groups in total. The van der Waals surface area contributed by atoms with E-state index in [4.69, 9.17) is 4.74 Å². The predicted molar refractivity (Wildman–Crippen MR) is 108 cm³/mol. The van der Waals surface area contributed by atoms with Crippen LogP contribution in [0.1, 0.15) is 0 Å². The molecule has 3 aromatic rings. The molecule has 0 spiro atoms. The van der Waals surface area contributed by atoms with Crippen molar-refractivity contribution in [1.29, 1.82) is 0 Å². The second-order valence-electron chi connectivity index (χ2n) is 6.83. The summed E-state index contributed by atoms with van der Waals surface area (Å²) < 4.78 is 8.26. The number of hydrogen-bond donors (Lipinski definition) is 1. The number of aromatic nitrogens is 2. The summed E-state index contributed by atoms with van der Waals surface area (Å²) in [5, 5.41) is 13.7. The van der Waals surface area contributed by atoms with E-state index in [0.29, 0.717) is 16.7 Å². The minimum atomic E-state index is -0.586. The Morgan fingerprint density at radius 2 is 1.87 bits per heavy atom. The molecular weight excluding hydrogens is 394 g/mol. The third-order valence-corrected chi connectivity index (χ3v) is 4.95. The number of non-ortho nitro benzene ring substituents is 1. The lowest BCUT2D eigenvalue weighted by atomic mass is 10.2. The van der Waals surface area contributed by atoms with Gasteiger partial charge in [0.15, 0.2) is 6.61 Å². The molecule has 1 aliphatic heterocycles. The van der Waals surface area contributed by atoms with Gasteiger partial charge in [-0.1, -0.05) is 0 Å². The number of carbonyl (C=O) groups excluding carboxylic acids is 2. The number of anilines is 2. The maximum Gasteiger partial charge on any atom is 0.328 e. The molecule has 1 aliphatic rings. The zero-order chi connectivity index (χ0) is 21.6. The van der Waals surface area contributed by atoms with Crippen molar-refractivity contribution < 1.29 is 19.2 Å². The molecule has 11 nitrogen and oxygen atoms in total. The summed E-state index contributed by atoms with van der Waals surface area (Å²) in [6.07, 6.45) is 0. The van der Waals surface area contributed by atoms with Crippen LogP contribution >= 0.6 is 0 Å². The number of hydrogen-bond acceptors (Lipinski definition) is 6. The van der Waals surface area contributed by atoms with Crippen LogP contribution in [0.4, 0.5) is 17.1 Å². The molecular formula is C19H17N5O6. The molecule has 0 aliphatic carbocycles. The number of ether oxygens (including phenoxy) is 1. The highest BCUT2D eigenvalue weighted by atomic mass is 16.6. The molecule has 154 valence electrons. The molecule has 0 atom stereocenters. The Labute approximate surface area is 169 Å². The van der Waals surface area contributed by atoms with Gasteiger partial charge in [-0.05, 0) is 24.3 Å². The van der Waals surface area contributed by atoms with Gasteiger partial charge < -0.3 is 10.1 Å². The Balaban J connectivity index is 1.59. The highest BCUT2D eigenvalue weighted by Crippen LogP contribution is 2.35. The van der Waals surface area contributed by atoms with E-state index >= 15 is 0 Å². The van der Waals surface area contributed by atoms with Crippen molar-refractivity contribution >= 4 is 39.9 Å². The Bertz CT molecular complexity index is 1270. The van der Waals surface area contributed by atoms with Crippen molar-refractivity contribution in [3.8, 4) is 5.75 Å². The minimum absolute atomic E-state index is 0.163. The van der Waals surface area contributed by atoms with Crippen LogP contribution in [0.15, 0.2) is 41.2 Å². The molecule has 30 heavy (non-hydrogen) atoms. The van der Waals surface area contributed by atoms with E-state index in [0.717, 1.165) is 4.90 Å². The Morgan fingerprint density at radius 1 is 1.13 bits per heavy atom. The van der Waals surface area contributed by atoms with Crippen LogP contribution in [0.25, 0.3) is 11.0 Å². The third-order valence-electron chi connectivity index (χ3n) is 4.95. The predicted octanol–water partition coefficient (Wildman–Crippen LogP) is 1.15. The number of carbonyl (C=O) groups is 2. The van der Waals surface area contributed by atoms with Crippen molar-refractivity contribution in [3.05, 3.63) is 57.0 Å². The maximum absolute atomic E-state index is 12.6. The lowest BCUT2D eigenvalue weighted by molar-refractivity contribution is -0.384. The van der Waals surface area contributed by atoms with Gasteiger partial charge in [0.25, 0.3) is 11.6 Å². The van der Waals surface area contributed by atoms with Gasteiger partial charge in [0, 0.05) is 31.9 Å². The number of rotatable bonds is 4. The highest BCUT2D eigenvalue weighted by molar-refractivity contribution is 6.05. The van der Waals surface area contributed by atoms with Crippen molar-refractivity contribution in [2.75, 3.05) is 23.4 Å². The number of nitrogens with one attached hydrogen (secondary N) is 1. The SMILES string of the molecule is Cn1c(=O)n(C)c2cc(NC(=O)CN3C(=O)COc4ccc([N+](=O)[O-])cc43)ccc21. The van der Waals surface area contributed by atoms with Crippen LogP contribution in [0.3, 0.4) is 0 Å². The molecule has 0 unspecified atom stereocenters. The van der Waals surface area contributed by atoms with Crippen molar-refractivity contribution in [2.45, 2.75) is 0 Å². The van der Waals surface area contributed by atoms with Crippen LogP contribution in [-0.2, 0) is 23.7 Å². The molecule has 2 amide bonds. The maximum atomic E-state index is 12.6. The third kappa shape index (κ3) is 3.15. The Hall–Kier alpha value is -4.15. The second-order valence-corrected chi connectivity index (χ2v) is 6.83.